The van der Waals surface area contributed by atoms with Crippen molar-refractivity contribution < 1.29 is 26.3 Å². The average molecular weight is 415 g/mol. The Labute approximate surface area is 161 Å². The zero-order chi connectivity index (χ0) is 21.6. The molecule has 0 aliphatic rings. The van der Waals surface area contributed by atoms with E-state index < -0.39 is 34.7 Å². The largest absolute Gasteiger partial charge is 0.416 e. The van der Waals surface area contributed by atoms with E-state index in [4.69, 9.17) is 0 Å². The van der Waals surface area contributed by atoms with Crippen LogP contribution in [0.3, 0.4) is 0 Å². The molecule has 3 rings (SSSR count). The number of anilines is 2. The quantitative estimate of drug-likeness (QED) is 0.593. The van der Waals surface area contributed by atoms with Crippen LogP contribution >= 0.6 is 0 Å². The Balaban J connectivity index is 2.13. The van der Waals surface area contributed by atoms with Gasteiger partial charge in [-0.25, -0.2) is 4.68 Å². The first-order valence-electron chi connectivity index (χ1n) is 8.30. The van der Waals surface area contributed by atoms with Crippen LogP contribution in [0.5, 0.6) is 0 Å². The second-order valence-electron chi connectivity index (χ2n) is 6.36. The molecule has 0 aliphatic carbocycles. The summed E-state index contributed by atoms with van der Waals surface area (Å²) in [6, 6.07) is 9.53. The Morgan fingerprint density at radius 1 is 0.862 bits per heavy atom. The van der Waals surface area contributed by atoms with Crippen molar-refractivity contribution >= 4 is 11.4 Å². The van der Waals surface area contributed by atoms with E-state index in [1.807, 2.05) is 0 Å². The smallest absolute Gasteiger partial charge is 0.349 e. The molecule has 4 nitrogen and oxygen atoms in total. The summed E-state index contributed by atoms with van der Waals surface area (Å²) in [7, 11) is 1.56. The highest BCUT2D eigenvalue weighted by molar-refractivity contribution is 5.64. The Morgan fingerprint density at radius 2 is 1.38 bits per heavy atom. The predicted octanol–water partition coefficient (Wildman–Crippen LogP) is 5.27. The molecule has 0 saturated heterocycles. The molecule has 154 valence electrons. The van der Waals surface area contributed by atoms with Gasteiger partial charge in [0.25, 0.3) is 5.56 Å². The minimum absolute atomic E-state index is 0.0330. The molecule has 3 aromatic rings. The van der Waals surface area contributed by atoms with Crippen LogP contribution in [0.1, 0.15) is 16.8 Å². The molecule has 1 aromatic heterocycles. The van der Waals surface area contributed by atoms with Crippen molar-refractivity contribution in [3.63, 3.8) is 0 Å². The molecule has 0 aliphatic heterocycles. The Bertz CT molecular complexity index is 1060. The van der Waals surface area contributed by atoms with Crippen molar-refractivity contribution in [2.45, 2.75) is 19.3 Å². The van der Waals surface area contributed by atoms with E-state index in [-0.39, 0.29) is 11.8 Å². The van der Waals surface area contributed by atoms with Crippen LogP contribution in [-0.4, -0.2) is 9.36 Å². The van der Waals surface area contributed by atoms with Gasteiger partial charge in [-0.3, -0.25) is 9.48 Å². The number of alkyl halides is 6. The standard InChI is InChI=1S/C19H15F6N3O/c1-11-16(17(29)28(27(11)2)15-6-4-3-5-7-15)26-14-9-12(18(20,21)22)8-13(10-14)19(23,24)25/h3-10,26H,1-2H3. The maximum absolute atomic E-state index is 13.1. The Morgan fingerprint density at radius 3 is 1.86 bits per heavy atom. The highest BCUT2D eigenvalue weighted by Crippen LogP contribution is 2.38. The highest BCUT2D eigenvalue weighted by atomic mass is 19.4. The van der Waals surface area contributed by atoms with Crippen molar-refractivity contribution in [2.75, 3.05) is 5.32 Å². The molecule has 0 radical (unpaired) electrons. The van der Waals surface area contributed by atoms with E-state index in [1.54, 1.807) is 37.4 Å². The number of para-hydroxylation sites is 1. The van der Waals surface area contributed by atoms with Gasteiger partial charge in [0.1, 0.15) is 5.69 Å². The number of benzene rings is 2. The second-order valence-corrected chi connectivity index (χ2v) is 6.36. The van der Waals surface area contributed by atoms with E-state index in [9.17, 15) is 31.1 Å². The number of nitrogens with one attached hydrogen (secondary N) is 1. The SMILES string of the molecule is Cc1c(Nc2cc(C(F)(F)F)cc(C(F)(F)F)c2)c(=O)n(-c2ccccc2)n1C. The summed E-state index contributed by atoms with van der Waals surface area (Å²) in [5, 5.41) is 2.44. The first-order chi connectivity index (χ1) is 13.4. The topological polar surface area (TPSA) is 39.0 Å². The van der Waals surface area contributed by atoms with Crippen LogP contribution in [0.15, 0.2) is 53.3 Å². The van der Waals surface area contributed by atoms with Gasteiger partial charge in [0.05, 0.1) is 22.5 Å². The number of aromatic nitrogens is 2. The molecule has 0 atom stereocenters. The van der Waals surface area contributed by atoms with Crippen LogP contribution < -0.4 is 10.9 Å². The lowest BCUT2D eigenvalue weighted by molar-refractivity contribution is -0.143. The number of rotatable bonds is 3. The number of nitrogens with zero attached hydrogens (tertiary/aromatic N) is 2. The van der Waals surface area contributed by atoms with Crippen molar-refractivity contribution in [1.29, 1.82) is 0 Å². The van der Waals surface area contributed by atoms with Gasteiger partial charge >= 0.3 is 12.4 Å². The molecule has 1 N–H and O–H groups in total. The minimum Gasteiger partial charge on any atom is -0.349 e. The van der Waals surface area contributed by atoms with E-state index in [0.29, 0.717) is 23.5 Å². The van der Waals surface area contributed by atoms with E-state index in [2.05, 4.69) is 5.32 Å². The molecular weight excluding hydrogens is 400 g/mol. The first kappa shape index (κ1) is 20.6. The van der Waals surface area contributed by atoms with Gasteiger partial charge < -0.3 is 5.32 Å². The Hall–Kier alpha value is -3.17. The van der Waals surface area contributed by atoms with Gasteiger partial charge in [0.15, 0.2) is 0 Å². The fourth-order valence-electron chi connectivity index (χ4n) is 2.88. The van der Waals surface area contributed by atoms with E-state index in [1.165, 1.54) is 16.3 Å². The number of hydrogen-bond donors (Lipinski definition) is 1. The molecule has 0 fully saturated rings. The van der Waals surface area contributed by atoms with Gasteiger partial charge in [-0.15, -0.1) is 0 Å². The lowest BCUT2D eigenvalue weighted by atomic mass is 10.1. The van der Waals surface area contributed by atoms with Gasteiger partial charge in [-0.05, 0) is 37.3 Å². The summed E-state index contributed by atoms with van der Waals surface area (Å²) in [4.78, 5) is 12.8. The summed E-state index contributed by atoms with van der Waals surface area (Å²) in [6.07, 6.45) is -9.96. The van der Waals surface area contributed by atoms with E-state index >= 15 is 0 Å². The zero-order valence-electron chi connectivity index (χ0n) is 15.2. The van der Waals surface area contributed by atoms with Crippen LogP contribution in [0.25, 0.3) is 5.69 Å². The normalized spacial score (nSPS) is 12.3. The van der Waals surface area contributed by atoms with E-state index in [0.717, 1.165) is 0 Å². The molecule has 0 spiro atoms. The van der Waals surface area contributed by atoms with Gasteiger partial charge in [0.2, 0.25) is 0 Å². The first-order valence-corrected chi connectivity index (χ1v) is 8.30. The van der Waals surface area contributed by atoms with Gasteiger partial charge in [0, 0.05) is 12.7 Å². The minimum atomic E-state index is -4.98. The van der Waals surface area contributed by atoms with Crippen LogP contribution in [-0.2, 0) is 19.4 Å². The molecule has 10 heteroatoms. The molecule has 0 saturated carbocycles. The molecule has 0 amide bonds. The predicted molar refractivity (Wildman–Crippen MR) is 95.5 cm³/mol. The maximum atomic E-state index is 13.1. The summed E-state index contributed by atoms with van der Waals surface area (Å²) in [5.74, 6) is 0. The van der Waals surface area contributed by atoms with Crippen molar-refractivity contribution in [3.8, 4) is 5.69 Å². The van der Waals surface area contributed by atoms with Crippen LogP contribution in [0.2, 0.25) is 0 Å². The molecule has 2 aromatic carbocycles. The monoisotopic (exact) mass is 415 g/mol. The summed E-state index contributed by atoms with van der Waals surface area (Å²) < 4.78 is 81.1. The number of halogens is 6. The average Bonchev–Trinajstić information content (AvgIpc) is 2.84. The Kier molecular flexibility index (Phi) is 4.97. The molecule has 0 unspecified atom stereocenters. The van der Waals surface area contributed by atoms with Gasteiger partial charge in [-0.2, -0.15) is 26.3 Å². The maximum Gasteiger partial charge on any atom is 0.416 e. The lowest BCUT2D eigenvalue weighted by Crippen LogP contribution is -2.20. The fraction of sp³-hybridized carbons (Fsp3) is 0.211. The lowest BCUT2D eigenvalue weighted by Gasteiger charge is -2.15. The fourth-order valence-corrected chi connectivity index (χ4v) is 2.88. The third-order valence-electron chi connectivity index (χ3n) is 4.41. The molecule has 29 heavy (non-hydrogen) atoms. The third kappa shape index (κ3) is 4.01. The summed E-state index contributed by atoms with van der Waals surface area (Å²) in [6.45, 7) is 1.53. The van der Waals surface area contributed by atoms with Crippen molar-refractivity contribution in [2.24, 2.45) is 7.05 Å². The van der Waals surface area contributed by atoms with Crippen molar-refractivity contribution in [1.82, 2.24) is 9.36 Å². The van der Waals surface area contributed by atoms with Gasteiger partial charge in [-0.1, -0.05) is 18.2 Å². The third-order valence-corrected chi connectivity index (χ3v) is 4.41. The molecule has 1 heterocycles. The second kappa shape index (κ2) is 7.02. The zero-order valence-corrected chi connectivity index (χ0v) is 15.2. The van der Waals surface area contributed by atoms with Crippen LogP contribution in [0, 0.1) is 6.92 Å². The molecular formula is C19H15F6N3O. The molecule has 0 bridgehead atoms. The number of hydrogen-bond acceptors (Lipinski definition) is 2. The highest BCUT2D eigenvalue weighted by Gasteiger charge is 2.37. The summed E-state index contributed by atoms with van der Waals surface area (Å²) in [5.41, 5.74) is -3.32. The summed E-state index contributed by atoms with van der Waals surface area (Å²) >= 11 is 0. The van der Waals surface area contributed by atoms with Crippen LogP contribution in [0.4, 0.5) is 37.7 Å². The van der Waals surface area contributed by atoms with Crippen molar-refractivity contribution in [3.05, 3.63) is 75.7 Å².